The Kier molecular flexibility index (Phi) is 2.01. The van der Waals surface area contributed by atoms with Crippen molar-refractivity contribution in [1.82, 2.24) is 0 Å². The molecule has 0 fully saturated rings. The summed E-state index contributed by atoms with van der Waals surface area (Å²) >= 11 is 0. The minimum absolute atomic E-state index is 0.125. The van der Waals surface area contributed by atoms with Gasteiger partial charge < -0.3 is 0 Å². The second kappa shape index (κ2) is 2.15. The maximum absolute atomic E-state index is 11.3. The first-order valence-electron chi connectivity index (χ1n) is 1.70. The van der Waals surface area contributed by atoms with Crippen LogP contribution in [0.1, 0.15) is 0 Å². The van der Waals surface area contributed by atoms with E-state index in [4.69, 9.17) is 0 Å². The third-order valence-electron chi connectivity index (χ3n) is 0.450. The van der Waals surface area contributed by atoms with E-state index < -0.39 is 12.3 Å². The Morgan fingerprint density at radius 2 is 1.75 bits per heavy atom. The van der Waals surface area contributed by atoms with Gasteiger partial charge in [0.1, 0.15) is 0 Å². The van der Waals surface area contributed by atoms with Gasteiger partial charge in [-0.25, -0.2) is 4.39 Å². The van der Waals surface area contributed by atoms with Gasteiger partial charge in [0.25, 0.3) is 6.17 Å². The molecule has 0 aliphatic carbocycles. The minimum atomic E-state index is -4.86. The first kappa shape index (κ1) is 7.46. The molecule has 0 unspecified atom stereocenters. The molecule has 1 radical (unpaired) electrons. The van der Waals surface area contributed by atoms with Crippen LogP contribution in [0.5, 0.6) is 0 Å². The lowest BCUT2D eigenvalue weighted by atomic mass is 10.4. The molecular weight excluding hydrogens is 124 g/mol. The Hall–Kier alpha value is -0.540. The number of halogens is 4. The summed E-state index contributed by atoms with van der Waals surface area (Å²) in [6.45, 7) is 2.60. The molecule has 0 aromatic carbocycles. The second-order valence-corrected chi connectivity index (χ2v) is 1.05. The molecule has 0 spiro atoms. The summed E-state index contributed by atoms with van der Waals surface area (Å²) in [4.78, 5) is 0. The molecule has 0 atom stereocenters. The molecule has 0 heterocycles. The Balaban J connectivity index is 3.80. The molecule has 0 N–H and O–H groups in total. The van der Waals surface area contributed by atoms with Crippen molar-refractivity contribution in [3.63, 3.8) is 0 Å². The van der Waals surface area contributed by atoms with Gasteiger partial charge in [-0.3, -0.25) is 0 Å². The van der Waals surface area contributed by atoms with Crippen LogP contribution in [0.15, 0.2) is 12.7 Å². The number of hydrogen-bond acceptors (Lipinski definition) is 0. The summed E-state index contributed by atoms with van der Waals surface area (Å²) < 4.78 is 44.2. The summed E-state index contributed by atoms with van der Waals surface area (Å²) in [6.07, 6.45) is -6.89. The summed E-state index contributed by atoms with van der Waals surface area (Å²) in [5.41, 5.74) is 0. The molecule has 0 aromatic rings. The van der Waals surface area contributed by atoms with Crippen LogP contribution in [0.25, 0.3) is 0 Å². The molecule has 0 nitrogen and oxygen atoms in total. The van der Waals surface area contributed by atoms with Crippen LogP contribution in [0.3, 0.4) is 0 Å². The van der Waals surface area contributed by atoms with Gasteiger partial charge in [0.05, 0.1) is 0 Å². The van der Waals surface area contributed by atoms with Gasteiger partial charge in [-0.15, -0.1) is 0 Å². The fourth-order valence-corrected chi connectivity index (χ4v) is 0.116. The van der Waals surface area contributed by atoms with E-state index in [9.17, 15) is 17.6 Å². The van der Waals surface area contributed by atoms with E-state index in [0.29, 0.717) is 0 Å². The van der Waals surface area contributed by atoms with E-state index in [1.807, 2.05) is 0 Å². The van der Waals surface area contributed by atoms with Crippen molar-refractivity contribution in [2.75, 3.05) is 0 Å². The largest absolute Gasteiger partial charge is 0.430 e. The zero-order valence-electron chi connectivity index (χ0n) is 3.80. The van der Waals surface area contributed by atoms with E-state index in [0.717, 1.165) is 0 Å². The lowest BCUT2D eigenvalue weighted by Gasteiger charge is -2.03. The van der Waals surface area contributed by atoms with Crippen molar-refractivity contribution in [3.8, 4) is 0 Å². The molecule has 0 aliphatic heterocycles. The average Bonchev–Trinajstić information content (AvgIpc) is 1.62. The highest BCUT2D eigenvalue weighted by Crippen LogP contribution is 2.29. The van der Waals surface area contributed by atoms with Crippen LogP contribution < -0.4 is 0 Å². The van der Waals surface area contributed by atoms with Gasteiger partial charge in [0.15, 0.2) is 0 Å². The van der Waals surface area contributed by atoms with Crippen LogP contribution in [0.2, 0.25) is 0 Å². The van der Waals surface area contributed by atoms with Crippen molar-refractivity contribution in [2.24, 2.45) is 0 Å². The summed E-state index contributed by atoms with van der Waals surface area (Å²) in [5, 5.41) is 0. The summed E-state index contributed by atoms with van der Waals surface area (Å²) in [6, 6.07) is 0. The number of rotatable bonds is 1. The second-order valence-electron chi connectivity index (χ2n) is 1.05. The maximum Gasteiger partial charge on any atom is 0.430 e. The van der Waals surface area contributed by atoms with E-state index in [1.54, 1.807) is 0 Å². The van der Waals surface area contributed by atoms with Crippen molar-refractivity contribution in [3.05, 3.63) is 18.8 Å². The van der Waals surface area contributed by atoms with Crippen molar-refractivity contribution < 1.29 is 17.6 Å². The third-order valence-corrected chi connectivity index (χ3v) is 0.450. The quantitative estimate of drug-likeness (QED) is 0.474. The van der Waals surface area contributed by atoms with Crippen LogP contribution in [-0.2, 0) is 0 Å². The number of alkyl halides is 3. The van der Waals surface area contributed by atoms with E-state index in [-0.39, 0.29) is 6.08 Å². The van der Waals surface area contributed by atoms with E-state index in [2.05, 4.69) is 6.58 Å². The van der Waals surface area contributed by atoms with Crippen LogP contribution in [0.4, 0.5) is 17.6 Å². The van der Waals surface area contributed by atoms with Crippen molar-refractivity contribution in [1.29, 1.82) is 0 Å². The summed E-state index contributed by atoms with van der Waals surface area (Å²) in [7, 11) is 0. The smallest absolute Gasteiger partial charge is 0.225 e. The Morgan fingerprint density at radius 1 is 1.38 bits per heavy atom. The predicted octanol–water partition coefficient (Wildman–Crippen LogP) is 2.24. The zero-order chi connectivity index (χ0) is 6.78. The topological polar surface area (TPSA) is 0 Å². The standard InChI is InChI=1S/C4H3F4/c1-2-3(5)4(6,7)8/h2H,1H2. The Bertz CT molecular complexity index is 82.5. The molecule has 0 aliphatic rings. The highest BCUT2D eigenvalue weighted by Gasteiger charge is 2.39. The molecule has 0 saturated carbocycles. The SMILES string of the molecule is C=C[C](F)C(F)(F)F. The molecule has 0 amide bonds. The lowest BCUT2D eigenvalue weighted by Crippen LogP contribution is -2.13. The highest BCUT2D eigenvalue weighted by atomic mass is 19.4. The molecule has 47 valence electrons. The predicted molar refractivity (Wildman–Crippen MR) is 20.6 cm³/mol. The first-order chi connectivity index (χ1) is 3.48. The summed E-state index contributed by atoms with van der Waals surface area (Å²) in [5.74, 6) is 0. The third kappa shape index (κ3) is 1.95. The molecule has 0 saturated heterocycles. The average molecular weight is 127 g/mol. The lowest BCUT2D eigenvalue weighted by molar-refractivity contribution is -0.129. The van der Waals surface area contributed by atoms with Gasteiger partial charge in [0.2, 0.25) is 0 Å². The Labute approximate surface area is 43.8 Å². The van der Waals surface area contributed by atoms with Gasteiger partial charge in [-0.2, -0.15) is 13.2 Å². The Morgan fingerprint density at radius 3 is 1.75 bits per heavy atom. The molecule has 4 heteroatoms. The fourth-order valence-electron chi connectivity index (χ4n) is 0.116. The van der Waals surface area contributed by atoms with Gasteiger partial charge >= 0.3 is 6.18 Å². The van der Waals surface area contributed by atoms with Gasteiger partial charge in [-0.1, -0.05) is 6.58 Å². The first-order valence-corrected chi connectivity index (χ1v) is 1.70. The maximum atomic E-state index is 11.3. The van der Waals surface area contributed by atoms with Crippen LogP contribution >= 0.6 is 0 Å². The normalized spacial score (nSPS) is 12.1. The molecule has 0 aromatic heterocycles. The monoisotopic (exact) mass is 127 g/mol. The van der Waals surface area contributed by atoms with Crippen molar-refractivity contribution >= 4 is 0 Å². The van der Waals surface area contributed by atoms with Crippen LogP contribution in [-0.4, -0.2) is 6.18 Å². The van der Waals surface area contributed by atoms with Crippen molar-refractivity contribution in [2.45, 2.75) is 6.18 Å². The highest BCUT2D eigenvalue weighted by molar-refractivity contribution is 5.02. The van der Waals surface area contributed by atoms with Gasteiger partial charge in [-0.05, 0) is 6.08 Å². The zero-order valence-corrected chi connectivity index (χ0v) is 3.80. The van der Waals surface area contributed by atoms with Gasteiger partial charge in [0, 0.05) is 0 Å². The number of allylic oxidation sites excluding steroid dienone is 1. The number of hydrogen-bond donors (Lipinski definition) is 0. The minimum Gasteiger partial charge on any atom is -0.225 e. The molecule has 8 heavy (non-hydrogen) atoms. The molecule has 0 rings (SSSR count). The van der Waals surface area contributed by atoms with E-state index >= 15 is 0 Å². The fraction of sp³-hybridized carbons (Fsp3) is 0.250. The van der Waals surface area contributed by atoms with Crippen LogP contribution in [0, 0.1) is 6.17 Å². The molecule has 0 bridgehead atoms. The van der Waals surface area contributed by atoms with E-state index in [1.165, 1.54) is 0 Å². The molecular formula is C4H3F4.